The molecule has 0 atom stereocenters. The highest BCUT2D eigenvalue weighted by Crippen LogP contribution is 2.41. The summed E-state index contributed by atoms with van der Waals surface area (Å²) in [6, 6.07) is 4.01. The fourth-order valence-corrected chi connectivity index (χ4v) is 2.96. The van der Waals surface area contributed by atoms with Crippen molar-refractivity contribution in [2.45, 2.75) is 44.4 Å². The third-order valence-corrected chi connectivity index (χ3v) is 4.07. The molecule has 1 fully saturated rings. The zero-order valence-electron chi connectivity index (χ0n) is 12.2. The molecule has 0 aliphatic heterocycles. The Kier molecular flexibility index (Phi) is 5.10. The molecule has 0 saturated heterocycles. The first kappa shape index (κ1) is 15.7. The third kappa shape index (κ3) is 3.69. The Labute approximate surface area is 123 Å². The predicted molar refractivity (Wildman–Crippen MR) is 76.9 cm³/mol. The van der Waals surface area contributed by atoms with Crippen LogP contribution < -0.4 is 0 Å². The van der Waals surface area contributed by atoms with Crippen molar-refractivity contribution in [1.29, 1.82) is 0 Å². The van der Waals surface area contributed by atoms with Gasteiger partial charge >= 0.3 is 5.97 Å². The van der Waals surface area contributed by atoms with Crippen LogP contribution in [0.2, 0.25) is 0 Å². The second-order valence-corrected chi connectivity index (χ2v) is 5.43. The monoisotopic (exact) mass is 294 g/mol. The topological polar surface area (TPSA) is 26.3 Å². The van der Waals surface area contributed by atoms with Crippen molar-refractivity contribution < 1.29 is 18.3 Å². The van der Waals surface area contributed by atoms with Gasteiger partial charge in [-0.15, -0.1) is 0 Å². The summed E-state index contributed by atoms with van der Waals surface area (Å²) in [4.78, 5) is 11.5. The molecule has 1 aliphatic rings. The normalized spacial score (nSPS) is 17.9. The Hall–Kier alpha value is -1.71. The molecule has 1 aromatic carbocycles. The van der Waals surface area contributed by atoms with Crippen molar-refractivity contribution in [2.24, 2.45) is 0 Å². The molecule has 0 bridgehead atoms. The maximum atomic E-state index is 13.5. The summed E-state index contributed by atoms with van der Waals surface area (Å²) in [5, 5.41) is 0. The van der Waals surface area contributed by atoms with Crippen molar-refractivity contribution >= 4 is 5.97 Å². The van der Waals surface area contributed by atoms with Gasteiger partial charge in [0.1, 0.15) is 0 Å². The van der Waals surface area contributed by atoms with E-state index in [0.29, 0.717) is 6.61 Å². The van der Waals surface area contributed by atoms with Crippen LogP contribution in [-0.2, 0) is 14.9 Å². The minimum atomic E-state index is -0.848. The molecule has 0 heterocycles. The number of carbonyl (C=O) groups is 1. The van der Waals surface area contributed by atoms with Gasteiger partial charge in [0, 0.05) is 11.5 Å². The Morgan fingerprint density at radius 3 is 2.57 bits per heavy atom. The van der Waals surface area contributed by atoms with Crippen molar-refractivity contribution in [2.75, 3.05) is 6.61 Å². The second kappa shape index (κ2) is 6.83. The Morgan fingerprint density at radius 2 is 1.95 bits per heavy atom. The first-order valence-electron chi connectivity index (χ1n) is 7.39. The number of allylic oxidation sites excluding steroid dienone is 1. The van der Waals surface area contributed by atoms with Gasteiger partial charge < -0.3 is 4.74 Å². The van der Waals surface area contributed by atoms with Crippen LogP contribution in [-0.4, -0.2) is 12.6 Å². The van der Waals surface area contributed by atoms with E-state index in [4.69, 9.17) is 4.74 Å². The van der Waals surface area contributed by atoms with Crippen LogP contribution in [0.4, 0.5) is 8.78 Å². The summed E-state index contributed by atoms with van der Waals surface area (Å²) >= 11 is 0. The van der Waals surface area contributed by atoms with Gasteiger partial charge in [0.05, 0.1) is 6.61 Å². The van der Waals surface area contributed by atoms with Crippen molar-refractivity contribution in [3.8, 4) is 0 Å². The Morgan fingerprint density at radius 1 is 1.24 bits per heavy atom. The highest BCUT2D eigenvalue weighted by molar-refractivity contribution is 5.82. The van der Waals surface area contributed by atoms with Gasteiger partial charge in [-0.05, 0) is 37.5 Å². The van der Waals surface area contributed by atoms with Crippen LogP contribution >= 0.6 is 0 Å². The zero-order valence-corrected chi connectivity index (χ0v) is 12.2. The quantitative estimate of drug-likeness (QED) is 0.612. The van der Waals surface area contributed by atoms with Gasteiger partial charge in [0.2, 0.25) is 0 Å². The highest BCUT2D eigenvalue weighted by atomic mass is 19.2. The molecular formula is C17H20F2O2. The molecule has 21 heavy (non-hydrogen) atoms. The van der Waals surface area contributed by atoms with E-state index in [1.165, 1.54) is 12.1 Å². The number of hydrogen-bond donors (Lipinski definition) is 0. The van der Waals surface area contributed by atoms with Gasteiger partial charge in [-0.2, -0.15) is 0 Å². The molecule has 0 amide bonds. The van der Waals surface area contributed by atoms with Gasteiger partial charge in [0.15, 0.2) is 11.6 Å². The average molecular weight is 294 g/mol. The number of ether oxygens (including phenoxy) is 1. The lowest BCUT2D eigenvalue weighted by Gasteiger charge is -2.35. The maximum Gasteiger partial charge on any atom is 0.330 e. The van der Waals surface area contributed by atoms with Crippen molar-refractivity contribution in [3.05, 3.63) is 47.5 Å². The summed E-state index contributed by atoms with van der Waals surface area (Å²) < 4.78 is 31.6. The smallest absolute Gasteiger partial charge is 0.330 e. The van der Waals surface area contributed by atoms with Crippen LogP contribution in [0.1, 0.15) is 44.6 Å². The first-order valence-corrected chi connectivity index (χ1v) is 7.39. The molecule has 0 N–H and O–H groups in total. The molecule has 0 radical (unpaired) electrons. The molecule has 2 rings (SSSR count). The standard InChI is InChI=1S/C17H20F2O2/c1-2-21-16(20)8-11-17(9-4-3-5-10-17)13-6-7-14(18)15(19)12-13/h6-8,11-12H,2-5,9-10H2,1H3. The molecule has 1 saturated carbocycles. The second-order valence-electron chi connectivity index (χ2n) is 5.43. The Balaban J connectivity index is 2.32. The minimum Gasteiger partial charge on any atom is -0.463 e. The molecule has 2 nitrogen and oxygen atoms in total. The number of benzene rings is 1. The van der Waals surface area contributed by atoms with Crippen molar-refractivity contribution in [1.82, 2.24) is 0 Å². The largest absolute Gasteiger partial charge is 0.463 e. The molecule has 0 spiro atoms. The predicted octanol–water partition coefficient (Wildman–Crippen LogP) is 4.29. The molecule has 1 aliphatic carbocycles. The molecule has 0 unspecified atom stereocenters. The van der Waals surface area contributed by atoms with Crippen LogP contribution in [0.5, 0.6) is 0 Å². The summed E-state index contributed by atoms with van der Waals surface area (Å²) in [5.41, 5.74) is 0.321. The average Bonchev–Trinajstić information content (AvgIpc) is 2.49. The van der Waals surface area contributed by atoms with Gasteiger partial charge in [-0.25, -0.2) is 13.6 Å². The lowest BCUT2D eigenvalue weighted by molar-refractivity contribution is -0.137. The number of esters is 1. The number of rotatable bonds is 4. The SMILES string of the molecule is CCOC(=O)C=CC1(c2ccc(F)c(F)c2)CCCCC1. The van der Waals surface area contributed by atoms with E-state index in [1.54, 1.807) is 19.1 Å². The van der Waals surface area contributed by atoms with Gasteiger partial charge in [-0.1, -0.05) is 31.4 Å². The van der Waals surface area contributed by atoms with Gasteiger partial charge in [0.25, 0.3) is 0 Å². The first-order chi connectivity index (χ1) is 10.1. The summed E-state index contributed by atoms with van der Waals surface area (Å²) in [6.07, 6.45) is 8.01. The summed E-state index contributed by atoms with van der Waals surface area (Å²) in [7, 11) is 0. The highest BCUT2D eigenvalue weighted by Gasteiger charge is 2.32. The lowest BCUT2D eigenvalue weighted by Crippen LogP contribution is -2.27. The molecule has 1 aromatic rings. The Bertz CT molecular complexity index is 532. The minimum absolute atomic E-state index is 0.321. The van der Waals surface area contributed by atoms with E-state index >= 15 is 0 Å². The molecule has 4 heteroatoms. The lowest BCUT2D eigenvalue weighted by atomic mass is 9.69. The van der Waals surface area contributed by atoms with Crippen molar-refractivity contribution in [3.63, 3.8) is 0 Å². The van der Waals surface area contributed by atoms with E-state index < -0.39 is 23.0 Å². The molecule has 0 aromatic heterocycles. The number of halogens is 2. The number of hydrogen-bond acceptors (Lipinski definition) is 2. The fourth-order valence-electron chi connectivity index (χ4n) is 2.96. The maximum absolute atomic E-state index is 13.5. The number of carbonyl (C=O) groups excluding carboxylic acids is 1. The van der Waals surface area contributed by atoms with Crippen LogP contribution in [0.15, 0.2) is 30.4 Å². The third-order valence-electron chi connectivity index (χ3n) is 4.07. The van der Waals surface area contributed by atoms with E-state index in [0.717, 1.165) is 43.7 Å². The zero-order chi connectivity index (χ0) is 15.3. The van der Waals surface area contributed by atoms with E-state index in [1.807, 2.05) is 0 Å². The van der Waals surface area contributed by atoms with E-state index in [9.17, 15) is 13.6 Å². The van der Waals surface area contributed by atoms with Crippen LogP contribution in [0, 0.1) is 11.6 Å². The fraction of sp³-hybridized carbons (Fsp3) is 0.471. The van der Waals surface area contributed by atoms with Crippen LogP contribution in [0.3, 0.4) is 0 Å². The molecular weight excluding hydrogens is 274 g/mol. The molecule has 114 valence electrons. The summed E-state index contributed by atoms with van der Waals surface area (Å²) in [6.45, 7) is 2.07. The van der Waals surface area contributed by atoms with Gasteiger partial charge in [-0.3, -0.25) is 0 Å². The summed E-state index contributed by atoms with van der Waals surface area (Å²) in [5.74, 6) is -2.09. The van der Waals surface area contributed by atoms with Crippen LogP contribution in [0.25, 0.3) is 0 Å². The van der Waals surface area contributed by atoms with E-state index in [2.05, 4.69) is 0 Å². The van der Waals surface area contributed by atoms with E-state index in [-0.39, 0.29) is 0 Å².